The molecule has 122 valence electrons. The molecule has 2 bridgehead atoms. The fourth-order valence-electron chi connectivity index (χ4n) is 3.17. The van der Waals surface area contributed by atoms with Crippen LogP contribution in [0.5, 0.6) is 0 Å². The lowest BCUT2D eigenvalue weighted by Gasteiger charge is -2.18. The number of hydrogen-bond acceptors (Lipinski definition) is 7. The minimum absolute atomic E-state index is 0.699. The number of carboxylic acids is 2. The molecule has 3 rings (SSSR count). The van der Waals surface area contributed by atoms with E-state index in [0.717, 1.165) is 11.7 Å². The number of rotatable bonds is 3. The second-order valence-electron chi connectivity index (χ2n) is 5.40. The van der Waals surface area contributed by atoms with Crippen molar-refractivity contribution in [3.63, 3.8) is 0 Å². The zero-order valence-electron chi connectivity index (χ0n) is 12.3. The Morgan fingerprint density at radius 3 is 2.77 bits per heavy atom. The highest BCUT2D eigenvalue weighted by molar-refractivity contribution is 7.99. The molecule has 9 heteroatoms. The first kappa shape index (κ1) is 17.2. The quantitative estimate of drug-likeness (QED) is 0.527. The third kappa shape index (κ3) is 4.17. The normalized spacial score (nSPS) is 26.1. The number of quaternary nitrogens is 1. The Balaban J connectivity index is 0.000000254. The summed E-state index contributed by atoms with van der Waals surface area (Å²) in [5, 5.41) is 17.5. The summed E-state index contributed by atoms with van der Waals surface area (Å²) in [6, 6.07) is 0. The summed E-state index contributed by atoms with van der Waals surface area (Å²) < 4.78 is 9.02. The van der Waals surface area contributed by atoms with E-state index in [1.54, 1.807) is 4.90 Å². The van der Waals surface area contributed by atoms with Gasteiger partial charge < -0.3 is 19.9 Å². The number of fused-ring (bicyclic) bond motifs is 2. The van der Waals surface area contributed by atoms with Gasteiger partial charge in [-0.2, -0.15) is 8.75 Å². The van der Waals surface area contributed by atoms with Gasteiger partial charge in [0.05, 0.1) is 43.0 Å². The molecule has 3 heterocycles. The van der Waals surface area contributed by atoms with Crippen molar-refractivity contribution in [2.75, 3.05) is 25.4 Å². The highest BCUT2D eigenvalue weighted by Crippen LogP contribution is 2.35. The molecule has 2 N–H and O–H groups in total. The Morgan fingerprint density at radius 1 is 1.45 bits per heavy atom. The Hall–Kier alpha value is -1.19. The lowest BCUT2D eigenvalue weighted by Crippen LogP contribution is -3.11. The van der Waals surface area contributed by atoms with E-state index >= 15 is 0 Å². The number of thioether (sulfide) groups is 1. The van der Waals surface area contributed by atoms with Gasteiger partial charge in [0.15, 0.2) is 5.97 Å². The maximum Gasteiger partial charge on any atom is 0.351 e. The van der Waals surface area contributed by atoms with Crippen molar-refractivity contribution >= 4 is 35.4 Å². The van der Waals surface area contributed by atoms with Gasteiger partial charge in [-0.15, -0.1) is 11.8 Å². The van der Waals surface area contributed by atoms with Gasteiger partial charge in [0.1, 0.15) is 5.03 Å². The predicted molar refractivity (Wildman–Crippen MR) is 80.0 cm³/mol. The van der Waals surface area contributed by atoms with E-state index in [-0.39, 0.29) is 0 Å². The number of piperidine rings is 1. The molecule has 0 amide bonds. The molecule has 0 aliphatic carbocycles. The van der Waals surface area contributed by atoms with E-state index in [4.69, 9.17) is 19.8 Å². The lowest BCUT2D eigenvalue weighted by atomic mass is 9.89. The van der Waals surface area contributed by atoms with Crippen LogP contribution in [-0.4, -0.2) is 51.2 Å². The van der Waals surface area contributed by atoms with E-state index in [2.05, 4.69) is 15.7 Å². The van der Waals surface area contributed by atoms with Crippen LogP contribution in [0.25, 0.3) is 0 Å². The molecule has 1 aromatic rings. The second kappa shape index (κ2) is 7.89. The zero-order valence-corrected chi connectivity index (χ0v) is 13.9. The van der Waals surface area contributed by atoms with E-state index < -0.39 is 11.9 Å². The van der Waals surface area contributed by atoms with Crippen molar-refractivity contribution in [2.45, 2.75) is 30.7 Å². The number of carboxylic acid groups (broad SMARTS) is 2. The molecule has 0 saturated carbocycles. The molecule has 22 heavy (non-hydrogen) atoms. The number of hydrogen-bond donors (Lipinski definition) is 2. The fourth-order valence-corrected chi connectivity index (χ4v) is 4.67. The smallest absolute Gasteiger partial charge is 0.351 e. The predicted octanol–water partition coefficient (Wildman–Crippen LogP) is -1.14. The van der Waals surface area contributed by atoms with Crippen LogP contribution in [0.3, 0.4) is 0 Å². The van der Waals surface area contributed by atoms with Gasteiger partial charge in [-0.3, -0.25) is 0 Å². The third-order valence-corrected chi connectivity index (χ3v) is 5.54. The molecule has 1 unspecified atom stereocenters. The monoisotopic (exact) mass is 345 g/mol. The summed E-state index contributed by atoms with van der Waals surface area (Å²) in [6.45, 7) is 6.24. The van der Waals surface area contributed by atoms with Gasteiger partial charge in [-0.25, -0.2) is 4.79 Å². The van der Waals surface area contributed by atoms with Crippen LogP contribution >= 0.6 is 23.5 Å². The van der Waals surface area contributed by atoms with Gasteiger partial charge in [0.25, 0.3) is 0 Å². The minimum Gasteiger partial charge on any atom is -0.539 e. The average molecular weight is 345 g/mol. The highest BCUT2D eigenvalue weighted by Gasteiger charge is 2.42. The number of aliphatic carboxylic acids is 2. The molecule has 3 atom stereocenters. The van der Waals surface area contributed by atoms with Gasteiger partial charge in [-0.1, -0.05) is 6.92 Å². The Bertz CT molecular complexity index is 525. The van der Waals surface area contributed by atoms with E-state index in [0.29, 0.717) is 5.92 Å². The van der Waals surface area contributed by atoms with Crippen LogP contribution in [0.4, 0.5) is 0 Å². The fraction of sp³-hybridized carbons (Fsp3) is 0.692. The number of nitrogens with one attached hydrogen (secondary N) is 1. The molecule has 0 radical (unpaired) electrons. The standard InChI is InChI=1S/C11H17N3S2.C2H2O4/c1-2-15-11-10(12-16-13-11)9-7-14-5-3-4-8(9)6-14;3-1(4)2(5)6/h8-9H,2-7H2,1H3;(H,3,4)(H,5,6)/t8-,9-;/m0./s1. The summed E-state index contributed by atoms with van der Waals surface area (Å²) in [5.41, 5.74) is 1.32. The van der Waals surface area contributed by atoms with Crippen LogP contribution in [0.15, 0.2) is 5.03 Å². The van der Waals surface area contributed by atoms with E-state index in [9.17, 15) is 0 Å². The van der Waals surface area contributed by atoms with E-state index in [1.165, 1.54) is 54.9 Å². The molecule has 0 aromatic carbocycles. The largest absolute Gasteiger partial charge is 0.539 e. The van der Waals surface area contributed by atoms with Crippen LogP contribution < -0.4 is 10.0 Å². The van der Waals surface area contributed by atoms with Crippen molar-refractivity contribution < 1.29 is 24.7 Å². The van der Waals surface area contributed by atoms with Crippen molar-refractivity contribution in [3.8, 4) is 0 Å². The van der Waals surface area contributed by atoms with Crippen LogP contribution in [0.2, 0.25) is 0 Å². The number of carbonyl (C=O) groups is 2. The molecule has 2 fully saturated rings. The third-order valence-electron chi connectivity index (χ3n) is 4.02. The Kier molecular flexibility index (Phi) is 6.16. The first-order valence-corrected chi connectivity index (χ1v) is 8.97. The summed E-state index contributed by atoms with van der Waals surface area (Å²) in [7, 11) is 0. The number of aromatic nitrogens is 2. The number of carbonyl (C=O) groups excluding carboxylic acids is 1. The molecule has 7 nitrogen and oxygen atoms in total. The zero-order chi connectivity index (χ0) is 16.1. The molecule has 2 aliphatic heterocycles. The van der Waals surface area contributed by atoms with Crippen LogP contribution in [0.1, 0.15) is 31.4 Å². The topological polar surface area (TPSA) is 108 Å². The van der Waals surface area contributed by atoms with Crippen LogP contribution in [0, 0.1) is 5.92 Å². The van der Waals surface area contributed by atoms with Crippen LogP contribution in [-0.2, 0) is 9.59 Å². The van der Waals surface area contributed by atoms with Crippen molar-refractivity contribution in [1.29, 1.82) is 0 Å². The maximum absolute atomic E-state index is 9.04. The van der Waals surface area contributed by atoms with Gasteiger partial charge in [0.2, 0.25) is 0 Å². The Morgan fingerprint density at radius 2 is 2.18 bits per heavy atom. The minimum atomic E-state index is -2.07. The summed E-state index contributed by atoms with van der Waals surface area (Å²) in [5.74, 6) is -1.33. The lowest BCUT2D eigenvalue weighted by molar-refractivity contribution is -0.893. The molecule has 2 saturated heterocycles. The maximum atomic E-state index is 9.04. The van der Waals surface area contributed by atoms with Crippen molar-refractivity contribution in [2.24, 2.45) is 5.92 Å². The summed E-state index contributed by atoms with van der Waals surface area (Å²) in [4.78, 5) is 19.8. The first-order valence-electron chi connectivity index (χ1n) is 7.26. The molecule has 1 aromatic heterocycles. The summed E-state index contributed by atoms with van der Waals surface area (Å²) in [6.07, 6.45) is 2.81. The van der Waals surface area contributed by atoms with Gasteiger partial charge in [-0.05, 0) is 18.6 Å². The molecular formula is C13H19N3O4S2. The second-order valence-corrected chi connectivity index (χ2v) is 7.18. The Labute approximate surface area is 137 Å². The highest BCUT2D eigenvalue weighted by atomic mass is 32.2. The van der Waals surface area contributed by atoms with E-state index in [1.807, 2.05) is 11.8 Å². The summed E-state index contributed by atoms with van der Waals surface area (Å²) >= 11 is 3.25. The average Bonchev–Trinajstić information content (AvgIpc) is 3.04. The molecule has 0 spiro atoms. The van der Waals surface area contributed by atoms with Crippen molar-refractivity contribution in [3.05, 3.63) is 5.69 Å². The molecular weight excluding hydrogens is 326 g/mol. The molecule has 2 aliphatic rings. The first-order chi connectivity index (χ1) is 10.5. The van der Waals surface area contributed by atoms with Crippen molar-refractivity contribution in [1.82, 2.24) is 8.75 Å². The SMILES string of the molecule is CCSc1nsnc1[C@H]1C[NH+]2CCC[C@H]1C2.O=C([O-])C(=O)O. The van der Waals surface area contributed by atoms with Gasteiger partial charge in [0, 0.05) is 5.92 Å². The number of nitrogens with zero attached hydrogens (tertiary/aromatic N) is 2. The van der Waals surface area contributed by atoms with Gasteiger partial charge >= 0.3 is 5.97 Å².